The molecule has 0 fully saturated rings. The van der Waals surface area contributed by atoms with Crippen molar-refractivity contribution in [2.75, 3.05) is 26.6 Å². The number of hydrogen-bond acceptors (Lipinski definition) is 3. The molecule has 5 nitrogen and oxygen atoms in total. The highest BCUT2D eigenvalue weighted by atomic mass is 16.5. The number of likely N-dealkylation sites (N-methyl/N-ethyl adjacent to an activating group) is 1. The van der Waals surface area contributed by atoms with E-state index in [-0.39, 0.29) is 11.9 Å². The lowest BCUT2D eigenvalue weighted by Crippen LogP contribution is -3.12. The first-order valence-corrected chi connectivity index (χ1v) is 10.0. The predicted octanol–water partition coefficient (Wildman–Crippen LogP) is 3.41. The van der Waals surface area contributed by atoms with Crippen LogP contribution in [0.2, 0.25) is 0 Å². The molecule has 2 N–H and O–H groups in total. The van der Waals surface area contributed by atoms with E-state index in [0.29, 0.717) is 18.0 Å². The molecule has 0 spiro atoms. The third-order valence-corrected chi connectivity index (χ3v) is 5.36. The number of carbonyl (C=O) groups excluding carboxylic acids is 1. The van der Waals surface area contributed by atoms with E-state index >= 15 is 0 Å². The maximum atomic E-state index is 13.0. The molecule has 5 heteroatoms. The van der Waals surface area contributed by atoms with Crippen LogP contribution in [0.5, 0.6) is 11.5 Å². The summed E-state index contributed by atoms with van der Waals surface area (Å²) in [7, 11) is 5.26. The smallest absolute Gasteiger partial charge is 0.282 e. The second kappa shape index (κ2) is 9.94. The van der Waals surface area contributed by atoms with Crippen molar-refractivity contribution in [2.24, 2.45) is 0 Å². The van der Waals surface area contributed by atoms with Crippen LogP contribution >= 0.6 is 0 Å². The fourth-order valence-electron chi connectivity index (χ4n) is 3.47. The number of carbonyl (C=O) groups is 1. The highest BCUT2D eigenvalue weighted by molar-refractivity contribution is 5.97. The lowest BCUT2D eigenvalue weighted by molar-refractivity contribution is -0.907. The number of para-hydroxylation sites is 2. The SMILES string of the molecule is COc1cccc(C[NH+](C)[C@@H](C)C(=O)Nc2ccccc2-c2ccccc2)c1OC. The molecule has 1 unspecified atom stereocenters. The highest BCUT2D eigenvalue weighted by Gasteiger charge is 2.24. The van der Waals surface area contributed by atoms with E-state index < -0.39 is 0 Å². The average Bonchev–Trinajstić information content (AvgIpc) is 2.79. The summed E-state index contributed by atoms with van der Waals surface area (Å²) in [5, 5.41) is 3.11. The lowest BCUT2D eigenvalue weighted by atomic mass is 10.0. The summed E-state index contributed by atoms with van der Waals surface area (Å²) >= 11 is 0. The molecule has 0 bridgehead atoms. The molecular formula is C25H29N2O3+. The molecule has 0 aliphatic rings. The molecule has 0 heterocycles. The average molecular weight is 406 g/mol. The van der Waals surface area contributed by atoms with Gasteiger partial charge in [0.2, 0.25) is 0 Å². The van der Waals surface area contributed by atoms with Crippen molar-refractivity contribution in [3.63, 3.8) is 0 Å². The van der Waals surface area contributed by atoms with Crippen LogP contribution in [0.4, 0.5) is 5.69 Å². The Morgan fingerprint density at radius 2 is 1.63 bits per heavy atom. The van der Waals surface area contributed by atoms with Crippen molar-refractivity contribution in [2.45, 2.75) is 19.5 Å². The lowest BCUT2D eigenvalue weighted by Gasteiger charge is -2.23. The van der Waals surface area contributed by atoms with E-state index in [1.165, 1.54) is 0 Å². The Kier molecular flexibility index (Phi) is 7.09. The monoisotopic (exact) mass is 405 g/mol. The molecule has 0 radical (unpaired) electrons. The van der Waals surface area contributed by atoms with E-state index in [1.54, 1.807) is 14.2 Å². The molecule has 3 rings (SSSR count). The molecule has 0 aliphatic carbocycles. The van der Waals surface area contributed by atoms with Gasteiger partial charge in [-0.05, 0) is 30.7 Å². The molecule has 2 atom stereocenters. The zero-order chi connectivity index (χ0) is 21.5. The van der Waals surface area contributed by atoms with E-state index in [0.717, 1.165) is 27.3 Å². The summed E-state index contributed by atoms with van der Waals surface area (Å²) in [5.41, 5.74) is 3.89. The van der Waals surface area contributed by atoms with Crippen molar-refractivity contribution in [1.29, 1.82) is 0 Å². The number of rotatable bonds is 8. The van der Waals surface area contributed by atoms with E-state index in [9.17, 15) is 4.79 Å². The van der Waals surface area contributed by atoms with Crippen molar-refractivity contribution in [3.05, 3.63) is 78.4 Å². The molecule has 3 aromatic rings. The molecule has 0 aliphatic heterocycles. The maximum Gasteiger partial charge on any atom is 0.282 e. The highest BCUT2D eigenvalue weighted by Crippen LogP contribution is 2.30. The topological polar surface area (TPSA) is 52.0 Å². The Labute approximate surface area is 178 Å². The van der Waals surface area contributed by atoms with E-state index in [2.05, 4.69) is 5.32 Å². The summed E-state index contributed by atoms with van der Waals surface area (Å²) in [4.78, 5) is 14.1. The molecule has 0 saturated carbocycles. The van der Waals surface area contributed by atoms with E-state index in [4.69, 9.17) is 9.47 Å². The van der Waals surface area contributed by atoms with Crippen LogP contribution in [0, 0.1) is 0 Å². The van der Waals surface area contributed by atoms with Gasteiger partial charge < -0.3 is 19.7 Å². The minimum atomic E-state index is -0.260. The summed E-state index contributed by atoms with van der Waals surface area (Å²) in [6, 6.07) is 23.5. The molecule has 30 heavy (non-hydrogen) atoms. The number of hydrogen-bond donors (Lipinski definition) is 2. The Bertz CT molecular complexity index is 989. The third kappa shape index (κ3) is 4.81. The fraction of sp³-hybridized carbons (Fsp3) is 0.240. The minimum Gasteiger partial charge on any atom is -0.493 e. The number of nitrogens with one attached hydrogen (secondary N) is 2. The van der Waals surface area contributed by atoms with Gasteiger partial charge in [-0.1, -0.05) is 54.6 Å². The first-order chi connectivity index (χ1) is 14.5. The number of anilines is 1. The predicted molar refractivity (Wildman–Crippen MR) is 120 cm³/mol. The molecule has 1 amide bonds. The molecule has 0 saturated heterocycles. The van der Waals surface area contributed by atoms with Crippen LogP contribution in [0.1, 0.15) is 12.5 Å². The van der Waals surface area contributed by atoms with Crippen molar-refractivity contribution in [3.8, 4) is 22.6 Å². The minimum absolute atomic E-state index is 0.0299. The first kappa shape index (κ1) is 21.4. The summed E-state index contributed by atoms with van der Waals surface area (Å²) in [6.45, 7) is 2.57. The van der Waals surface area contributed by atoms with Gasteiger partial charge in [-0.2, -0.15) is 0 Å². The van der Waals surface area contributed by atoms with Gasteiger partial charge in [0.1, 0.15) is 6.54 Å². The van der Waals surface area contributed by atoms with Crippen LogP contribution in [0.3, 0.4) is 0 Å². The molecule has 0 aromatic heterocycles. The van der Waals surface area contributed by atoms with Gasteiger partial charge in [-0.25, -0.2) is 0 Å². The van der Waals surface area contributed by atoms with Gasteiger partial charge in [0, 0.05) is 11.3 Å². The van der Waals surface area contributed by atoms with Crippen LogP contribution in [-0.2, 0) is 11.3 Å². The first-order valence-electron chi connectivity index (χ1n) is 10.0. The third-order valence-electron chi connectivity index (χ3n) is 5.36. The van der Waals surface area contributed by atoms with Gasteiger partial charge in [-0.3, -0.25) is 4.79 Å². The molecular weight excluding hydrogens is 376 g/mol. The van der Waals surface area contributed by atoms with Gasteiger partial charge in [0.05, 0.1) is 26.8 Å². The quantitative estimate of drug-likeness (QED) is 0.604. The summed E-state index contributed by atoms with van der Waals surface area (Å²) in [6.07, 6.45) is 0. The number of quaternary nitrogens is 1. The summed E-state index contributed by atoms with van der Waals surface area (Å²) in [5.74, 6) is 1.37. The Morgan fingerprint density at radius 3 is 2.33 bits per heavy atom. The Balaban J connectivity index is 1.74. The zero-order valence-electron chi connectivity index (χ0n) is 17.9. The second-order valence-corrected chi connectivity index (χ2v) is 7.30. The van der Waals surface area contributed by atoms with Gasteiger partial charge in [0.15, 0.2) is 17.5 Å². The molecule has 3 aromatic carbocycles. The van der Waals surface area contributed by atoms with Crippen LogP contribution in [-0.4, -0.2) is 33.2 Å². The zero-order valence-corrected chi connectivity index (χ0v) is 17.9. The van der Waals surface area contributed by atoms with Gasteiger partial charge in [-0.15, -0.1) is 0 Å². The number of amides is 1. The Hall–Kier alpha value is -3.31. The second-order valence-electron chi connectivity index (χ2n) is 7.30. The fourth-order valence-corrected chi connectivity index (χ4v) is 3.47. The standard InChI is InChI=1S/C25H28N2O3/c1-18(27(2)17-20-13-10-16-23(29-3)24(20)30-4)25(28)26-22-15-9-8-14-21(22)19-11-6-5-7-12-19/h5-16,18H,17H2,1-4H3,(H,26,28)/p+1/t18-/m0/s1. The number of methoxy groups -OCH3 is 2. The van der Waals surface area contributed by atoms with Gasteiger partial charge in [0.25, 0.3) is 5.91 Å². The van der Waals surface area contributed by atoms with Crippen LogP contribution in [0.15, 0.2) is 72.8 Å². The Morgan fingerprint density at radius 1 is 0.933 bits per heavy atom. The maximum absolute atomic E-state index is 13.0. The molecule has 156 valence electrons. The normalized spacial score (nSPS) is 12.7. The largest absolute Gasteiger partial charge is 0.493 e. The van der Waals surface area contributed by atoms with Crippen LogP contribution in [0.25, 0.3) is 11.1 Å². The van der Waals surface area contributed by atoms with Crippen molar-refractivity contribution < 1.29 is 19.2 Å². The van der Waals surface area contributed by atoms with Crippen molar-refractivity contribution >= 4 is 11.6 Å². The van der Waals surface area contributed by atoms with Crippen molar-refractivity contribution in [1.82, 2.24) is 0 Å². The number of ether oxygens (including phenoxy) is 2. The van der Waals surface area contributed by atoms with Gasteiger partial charge >= 0.3 is 0 Å². The summed E-state index contributed by atoms with van der Waals surface area (Å²) < 4.78 is 10.9. The van der Waals surface area contributed by atoms with E-state index in [1.807, 2.05) is 86.8 Å². The number of benzene rings is 3. The van der Waals surface area contributed by atoms with Crippen LogP contribution < -0.4 is 19.7 Å².